The summed E-state index contributed by atoms with van der Waals surface area (Å²) in [7, 11) is 3.09. The number of hydrogen-bond donors (Lipinski definition) is 1. The van der Waals surface area contributed by atoms with E-state index in [1.165, 1.54) is 42.5 Å². The molecule has 0 spiro atoms. The minimum absolute atomic E-state index is 0.00893. The van der Waals surface area contributed by atoms with Crippen molar-refractivity contribution in [1.82, 2.24) is 9.97 Å². The van der Waals surface area contributed by atoms with Crippen LogP contribution in [0.25, 0.3) is 0 Å². The molecule has 3 rings (SSSR count). The first-order valence-electron chi connectivity index (χ1n) is 8.82. The first kappa shape index (κ1) is 21.8. The molecule has 31 heavy (non-hydrogen) atoms. The standard InChI is InChI=1S/C20H17F4N5O2/c1-29(14-5-9-15(30-2)10-6-14)18-11-17(20(21,22)23)26-19(27-18)28-25-12-13-3-7-16(31-24)8-4-13/h3-12H,1-2H3,(H,26,27,28)/b25-12+. The van der Waals surface area contributed by atoms with Crippen molar-refractivity contribution in [2.75, 3.05) is 24.5 Å². The molecular weight excluding hydrogens is 418 g/mol. The van der Waals surface area contributed by atoms with E-state index in [0.29, 0.717) is 17.0 Å². The molecular formula is C20H17F4N5O2. The summed E-state index contributed by atoms with van der Waals surface area (Å²) in [5, 5.41) is 3.85. The van der Waals surface area contributed by atoms with Crippen LogP contribution in [0.3, 0.4) is 0 Å². The van der Waals surface area contributed by atoms with Crippen LogP contribution in [0.4, 0.5) is 35.2 Å². The summed E-state index contributed by atoms with van der Waals surface area (Å²) in [5.41, 5.74) is 2.42. The third-order valence-electron chi connectivity index (χ3n) is 4.15. The van der Waals surface area contributed by atoms with Crippen molar-refractivity contribution in [2.45, 2.75) is 6.18 Å². The summed E-state index contributed by atoms with van der Waals surface area (Å²) in [4.78, 5) is 12.7. The number of methoxy groups -OCH3 is 1. The predicted octanol–water partition coefficient (Wildman–Crippen LogP) is 4.98. The van der Waals surface area contributed by atoms with Crippen molar-refractivity contribution in [2.24, 2.45) is 5.10 Å². The van der Waals surface area contributed by atoms with E-state index in [1.54, 1.807) is 31.3 Å². The summed E-state index contributed by atoms with van der Waals surface area (Å²) < 4.78 is 57.2. The average Bonchev–Trinajstić information content (AvgIpc) is 2.78. The van der Waals surface area contributed by atoms with Crippen LogP contribution in [-0.2, 0) is 6.18 Å². The summed E-state index contributed by atoms with van der Waals surface area (Å²) in [6.45, 7) is 0. The van der Waals surface area contributed by atoms with Crippen molar-refractivity contribution in [3.05, 3.63) is 65.9 Å². The molecule has 7 nitrogen and oxygen atoms in total. The molecule has 0 amide bonds. The topological polar surface area (TPSA) is 71.9 Å². The smallest absolute Gasteiger partial charge is 0.433 e. The number of hydrogen-bond acceptors (Lipinski definition) is 7. The highest BCUT2D eigenvalue weighted by molar-refractivity contribution is 5.80. The van der Waals surface area contributed by atoms with Crippen LogP contribution in [0, 0.1) is 0 Å². The molecule has 0 saturated heterocycles. The molecule has 0 atom stereocenters. The normalized spacial score (nSPS) is 11.4. The molecule has 0 aliphatic rings. The Bertz CT molecular complexity index is 1040. The third kappa shape index (κ3) is 5.59. The van der Waals surface area contributed by atoms with E-state index in [1.807, 2.05) is 0 Å². The molecule has 0 unspecified atom stereocenters. The van der Waals surface area contributed by atoms with Crippen LogP contribution < -0.4 is 20.0 Å². The number of alkyl halides is 3. The van der Waals surface area contributed by atoms with Crippen molar-refractivity contribution in [1.29, 1.82) is 0 Å². The van der Waals surface area contributed by atoms with Gasteiger partial charge in [-0.3, -0.25) is 4.94 Å². The van der Waals surface area contributed by atoms with E-state index in [-0.39, 0.29) is 17.5 Å². The highest BCUT2D eigenvalue weighted by Gasteiger charge is 2.34. The van der Waals surface area contributed by atoms with E-state index >= 15 is 0 Å². The quantitative estimate of drug-likeness (QED) is 0.321. The molecule has 0 saturated carbocycles. The van der Waals surface area contributed by atoms with Gasteiger partial charge in [-0.2, -0.15) is 23.3 Å². The van der Waals surface area contributed by atoms with Crippen LogP contribution in [-0.4, -0.2) is 30.3 Å². The van der Waals surface area contributed by atoms with Crippen molar-refractivity contribution < 1.29 is 27.4 Å². The SMILES string of the molecule is COc1ccc(N(C)c2cc(C(F)(F)F)nc(N/N=C/c3ccc(OF)cc3)n2)cc1. The van der Waals surface area contributed by atoms with Crippen LogP contribution >= 0.6 is 0 Å². The Morgan fingerprint density at radius 1 is 1.00 bits per heavy atom. The zero-order valence-corrected chi connectivity index (χ0v) is 16.4. The predicted molar refractivity (Wildman–Crippen MR) is 107 cm³/mol. The average molecular weight is 435 g/mol. The molecule has 0 aliphatic heterocycles. The Hall–Kier alpha value is -3.89. The highest BCUT2D eigenvalue weighted by Crippen LogP contribution is 2.32. The number of rotatable bonds is 7. The van der Waals surface area contributed by atoms with Crippen LogP contribution in [0.2, 0.25) is 0 Å². The van der Waals surface area contributed by atoms with Crippen molar-refractivity contribution in [3.8, 4) is 11.5 Å². The van der Waals surface area contributed by atoms with Gasteiger partial charge in [0.05, 0.1) is 13.3 Å². The molecule has 0 radical (unpaired) electrons. The number of anilines is 3. The first-order valence-corrected chi connectivity index (χ1v) is 8.82. The van der Waals surface area contributed by atoms with Gasteiger partial charge in [-0.25, -0.2) is 10.4 Å². The molecule has 1 N–H and O–H groups in total. The second-order valence-electron chi connectivity index (χ2n) is 6.21. The lowest BCUT2D eigenvalue weighted by Crippen LogP contribution is -2.16. The number of nitrogens with one attached hydrogen (secondary N) is 1. The number of hydrazone groups is 1. The monoisotopic (exact) mass is 435 g/mol. The molecule has 0 fully saturated rings. The van der Waals surface area contributed by atoms with Gasteiger partial charge in [0.1, 0.15) is 11.6 Å². The maximum absolute atomic E-state index is 13.3. The fraction of sp³-hybridized carbons (Fsp3) is 0.150. The first-order chi connectivity index (χ1) is 14.8. The fourth-order valence-corrected chi connectivity index (χ4v) is 2.51. The maximum atomic E-state index is 13.3. The number of halogens is 4. The van der Waals surface area contributed by atoms with Gasteiger partial charge in [0.2, 0.25) is 5.95 Å². The van der Waals surface area contributed by atoms with Gasteiger partial charge in [0.15, 0.2) is 11.4 Å². The lowest BCUT2D eigenvalue weighted by molar-refractivity contribution is -0.141. The maximum Gasteiger partial charge on any atom is 0.433 e. The molecule has 1 heterocycles. The summed E-state index contributed by atoms with van der Waals surface area (Å²) in [6.07, 6.45) is -3.36. The van der Waals surface area contributed by atoms with Crippen LogP contribution in [0.1, 0.15) is 11.3 Å². The van der Waals surface area contributed by atoms with Gasteiger partial charge in [-0.05, 0) is 54.1 Å². The minimum Gasteiger partial charge on any atom is -0.497 e. The number of benzene rings is 2. The van der Waals surface area contributed by atoms with E-state index in [0.717, 1.165) is 6.07 Å². The Morgan fingerprint density at radius 2 is 1.65 bits per heavy atom. The molecule has 2 aromatic carbocycles. The zero-order valence-electron chi connectivity index (χ0n) is 16.4. The summed E-state index contributed by atoms with van der Waals surface area (Å²) in [6, 6.07) is 13.3. The lowest BCUT2D eigenvalue weighted by Gasteiger charge is -2.20. The Labute approximate surface area is 174 Å². The zero-order chi connectivity index (χ0) is 22.4. The fourth-order valence-electron chi connectivity index (χ4n) is 2.51. The van der Waals surface area contributed by atoms with Gasteiger partial charge in [0.25, 0.3) is 0 Å². The van der Waals surface area contributed by atoms with Gasteiger partial charge in [-0.1, -0.05) is 0 Å². The van der Waals surface area contributed by atoms with Gasteiger partial charge >= 0.3 is 6.18 Å². The number of aromatic nitrogens is 2. The van der Waals surface area contributed by atoms with Crippen LogP contribution in [0.5, 0.6) is 11.5 Å². The van der Waals surface area contributed by atoms with Crippen molar-refractivity contribution in [3.63, 3.8) is 0 Å². The third-order valence-corrected chi connectivity index (χ3v) is 4.15. The summed E-state index contributed by atoms with van der Waals surface area (Å²) in [5.74, 6) is 0.288. The lowest BCUT2D eigenvalue weighted by atomic mass is 10.2. The Morgan fingerprint density at radius 3 is 2.23 bits per heavy atom. The second-order valence-corrected chi connectivity index (χ2v) is 6.21. The number of nitrogens with zero attached hydrogens (tertiary/aromatic N) is 4. The van der Waals surface area contributed by atoms with E-state index in [2.05, 4.69) is 25.4 Å². The number of ether oxygens (including phenoxy) is 1. The van der Waals surface area contributed by atoms with E-state index in [4.69, 9.17) is 4.74 Å². The van der Waals surface area contributed by atoms with E-state index < -0.39 is 11.9 Å². The molecule has 0 aliphatic carbocycles. The Balaban J connectivity index is 1.86. The van der Waals surface area contributed by atoms with Gasteiger partial charge in [0, 0.05) is 23.3 Å². The molecule has 1 aromatic heterocycles. The molecule has 162 valence electrons. The molecule has 3 aromatic rings. The molecule has 11 heteroatoms. The molecule has 0 bridgehead atoms. The second kappa shape index (κ2) is 9.28. The highest BCUT2D eigenvalue weighted by atomic mass is 19.4. The summed E-state index contributed by atoms with van der Waals surface area (Å²) >= 11 is 0. The van der Waals surface area contributed by atoms with E-state index in [9.17, 15) is 17.7 Å². The van der Waals surface area contributed by atoms with Gasteiger partial charge in [-0.15, -0.1) is 0 Å². The largest absolute Gasteiger partial charge is 0.497 e. The van der Waals surface area contributed by atoms with Crippen molar-refractivity contribution >= 4 is 23.7 Å². The minimum atomic E-state index is -4.68. The Kier molecular flexibility index (Phi) is 6.53. The van der Waals surface area contributed by atoms with Crippen LogP contribution in [0.15, 0.2) is 59.7 Å². The van der Waals surface area contributed by atoms with Gasteiger partial charge < -0.3 is 9.64 Å².